The largest absolute Gasteiger partial charge is 0.307 e. The number of rotatable bonds is 6. The molecule has 18 heavy (non-hydrogen) atoms. The van der Waals surface area contributed by atoms with Gasteiger partial charge in [-0.15, -0.1) is 12.4 Å². The van der Waals surface area contributed by atoms with E-state index in [0.717, 1.165) is 17.8 Å². The Morgan fingerprint density at radius 2 is 2.22 bits per heavy atom. The summed E-state index contributed by atoms with van der Waals surface area (Å²) in [7, 11) is 1.89. The molecule has 7 heteroatoms. The summed E-state index contributed by atoms with van der Waals surface area (Å²) in [4.78, 5) is 0. The summed E-state index contributed by atoms with van der Waals surface area (Å²) >= 11 is 0. The smallest absolute Gasteiger partial charge is 0.109 e. The van der Waals surface area contributed by atoms with Crippen LogP contribution in [0.2, 0.25) is 0 Å². The highest BCUT2D eigenvalue weighted by molar-refractivity contribution is 5.85. The lowest BCUT2D eigenvalue weighted by atomic mass is 10.3. The van der Waals surface area contributed by atoms with E-state index in [1.807, 2.05) is 25.5 Å². The van der Waals surface area contributed by atoms with Crippen molar-refractivity contribution in [1.29, 1.82) is 0 Å². The first-order valence-corrected chi connectivity index (χ1v) is 5.54. The molecule has 0 atom stereocenters. The molecule has 0 aliphatic heterocycles. The van der Waals surface area contributed by atoms with Crippen LogP contribution in [-0.2, 0) is 26.7 Å². The Kier molecular flexibility index (Phi) is 5.80. The van der Waals surface area contributed by atoms with Crippen molar-refractivity contribution in [2.24, 2.45) is 7.05 Å². The fourth-order valence-electron chi connectivity index (χ4n) is 1.60. The summed E-state index contributed by atoms with van der Waals surface area (Å²) in [5.74, 6) is 0. The Hall–Kier alpha value is -1.40. The molecule has 0 bridgehead atoms. The highest BCUT2D eigenvalue weighted by Gasteiger charge is 1.99. The van der Waals surface area contributed by atoms with Crippen LogP contribution in [0.15, 0.2) is 24.7 Å². The second-order valence-corrected chi connectivity index (χ2v) is 3.88. The molecular formula is C11H17ClFN5. The van der Waals surface area contributed by atoms with Gasteiger partial charge in [-0.25, -0.2) is 4.39 Å². The van der Waals surface area contributed by atoms with E-state index < -0.39 is 0 Å². The van der Waals surface area contributed by atoms with E-state index in [4.69, 9.17) is 0 Å². The van der Waals surface area contributed by atoms with E-state index in [9.17, 15) is 4.39 Å². The van der Waals surface area contributed by atoms with Crippen LogP contribution in [0.5, 0.6) is 0 Å². The van der Waals surface area contributed by atoms with Gasteiger partial charge in [0.15, 0.2) is 0 Å². The van der Waals surface area contributed by atoms with E-state index >= 15 is 0 Å². The van der Waals surface area contributed by atoms with Gasteiger partial charge in [0, 0.05) is 38.1 Å². The zero-order valence-electron chi connectivity index (χ0n) is 10.2. The summed E-state index contributed by atoms with van der Waals surface area (Å²) < 4.78 is 15.5. The average molecular weight is 274 g/mol. The maximum absolute atomic E-state index is 12.1. The molecule has 5 nitrogen and oxygen atoms in total. The van der Waals surface area contributed by atoms with Gasteiger partial charge in [-0.05, 0) is 6.07 Å². The van der Waals surface area contributed by atoms with Crippen LogP contribution < -0.4 is 5.32 Å². The van der Waals surface area contributed by atoms with Crippen LogP contribution in [0, 0.1) is 0 Å². The fraction of sp³-hybridized carbons (Fsp3) is 0.455. The summed E-state index contributed by atoms with van der Waals surface area (Å²) in [5, 5.41) is 11.6. The van der Waals surface area contributed by atoms with Gasteiger partial charge in [0.2, 0.25) is 0 Å². The second-order valence-electron chi connectivity index (χ2n) is 3.88. The quantitative estimate of drug-likeness (QED) is 0.863. The second kappa shape index (κ2) is 7.13. The molecule has 0 saturated heterocycles. The third kappa shape index (κ3) is 4.12. The number of hydrogen-bond donors (Lipinski definition) is 1. The predicted octanol–water partition coefficient (Wildman–Crippen LogP) is 1.30. The van der Waals surface area contributed by atoms with E-state index in [1.165, 1.54) is 0 Å². The molecule has 0 unspecified atom stereocenters. The highest BCUT2D eigenvalue weighted by atomic mass is 35.5. The van der Waals surface area contributed by atoms with Gasteiger partial charge in [-0.3, -0.25) is 9.36 Å². The van der Waals surface area contributed by atoms with Crippen LogP contribution in [0.3, 0.4) is 0 Å². The molecular weight excluding hydrogens is 257 g/mol. The topological polar surface area (TPSA) is 47.7 Å². The van der Waals surface area contributed by atoms with Crippen molar-refractivity contribution in [3.63, 3.8) is 0 Å². The summed E-state index contributed by atoms with van der Waals surface area (Å²) in [6.07, 6.45) is 5.52. The zero-order chi connectivity index (χ0) is 12.1. The monoisotopic (exact) mass is 273 g/mol. The lowest BCUT2D eigenvalue weighted by Gasteiger charge is -1.99. The molecule has 100 valence electrons. The maximum Gasteiger partial charge on any atom is 0.109 e. The summed E-state index contributed by atoms with van der Waals surface area (Å²) in [6.45, 7) is 1.36. The van der Waals surface area contributed by atoms with Gasteiger partial charge in [-0.1, -0.05) is 0 Å². The van der Waals surface area contributed by atoms with E-state index in [2.05, 4.69) is 15.5 Å². The van der Waals surface area contributed by atoms with E-state index in [-0.39, 0.29) is 19.1 Å². The minimum atomic E-state index is -0.386. The molecule has 2 aromatic heterocycles. The molecule has 0 fully saturated rings. The first kappa shape index (κ1) is 14.7. The molecule has 2 rings (SSSR count). The number of alkyl halides is 1. The molecule has 0 aromatic carbocycles. The van der Waals surface area contributed by atoms with Crippen LogP contribution in [0.25, 0.3) is 0 Å². The number of nitrogens with one attached hydrogen (secondary N) is 1. The highest BCUT2D eigenvalue weighted by Crippen LogP contribution is 1.99. The van der Waals surface area contributed by atoms with Crippen LogP contribution in [0.4, 0.5) is 4.39 Å². The Morgan fingerprint density at radius 3 is 2.89 bits per heavy atom. The molecule has 0 saturated carbocycles. The lowest BCUT2D eigenvalue weighted by molar-refractivity contribution is 0.427. The first-order valence-electron chi connectivity index (χ1n) is 5.54. The number of aryl methyl sites for hydroxylation is 2. The third-order valence-electron chi connectivity index (χ3n) is 2.40. The van der Waals surface area contributed by atoms with Crippen LogP contribution in [-0.4, -0.2) is 26.2 Å². The van der Waals surface area contributed by atoms with Gasteiger partial charge in [-0.2, -0.15) is 10.2 Å². The SMILES string of the molecule is Cl.Cn1ccc(CNCc2cnn(CCF)c2)n1. The van der Waals surface area contributed by atoms with Gasteiger partial charge >= 0.3 is 0 Å². The van der Waals surface area contributed by atoms with E-state index in [1.54, 1.807) is 15.6 Å². The molecule has 2 heterocycles. The Bertz CT molecular complexity index is 467. The molecule has 1 N–H and O–H groups in total. The van der Waals surface area contributed by atoms with Crippen molar-refractivity contribution in [3.05, 3.63) is 35.9 Å². The average Bonchev–Trinajstić information content (AvgIpc) is 2.89. The summed E-state index contributed by atoms with van der Waals surface area (Å²) in [5.41, 5.74) is 2.05. The Morgan fingerprint density at radius 1 is 1.39 bits per heavy atom. The van der Waals surface area contributed by atoms with Gasteiger partial charge < -0.3 is 5.32 Å². The number of halogens is 2. The van der Waals surface area contributed by atoms with Crippen molar-refractivity contribution in [1.82, 2.24) is 24.9 Å². The zero-order valence-corrected chi connectivity index (χ0v) is 11.0. The molecule has 0 aliphatic carbocycles. The van der Waals surface area contributed by atoms with Crippen LogP contribution >= 0.6 is 12.4 Å². The van der Waals surface area contributed by atoms with Crippen molar-refractivity contribution in [3.8, 4) is 0 Å². The minimum absolute atomic E-state index is 0. The van der Waals surface area contributed by atoms with Crippen molar-refractivity contribution in [2.45, 2.75) is 19.6 Å². The standard InChI is InChI=1S/C11H16FN5.ClH/c1-16-4-2-11(15-16)8-13-6-10-7-14-17(9-10)5-3-12;/h2,4,7,9,13H,3,5-6,8H2,1H3;1H. The van der Waals surface area contributed by atoms with Gasteiger partial charge in [0.1, 0.15) is 6.67 Å². The van der Waals surface area contributed by atoms with Crippen molar-refractivity contribution < 1.29 is 4.39 Å². The van der Waals surface area contributed by atoms with Crippen molar-refractivity contribution in [2.75, 3.05) is 6.67 Å². The molecule has 0 spiro atoms. The molecule has 0 aliphatic rings. The number of aromatic nitrogens is 4. The van der Waals surface area contributed by atoms with Crippen molar-refractivity contribution >= 4 is 12.4 Å². The number of nitrogens with zero attached hydrogens (tertiary/aromatic N) is 4. The fourth-order valence-corrected chi connectivity index (χ4v) is 1.60. The normalized spacial score (nSPS) is 10.3. The Balaban J connectivity index is 0.00000162. The predicted molar refractivity (Wildman–Crippen MR) is 69.2 cm³/mol. The maximum atomic E-state index is 12.1. The lowest BCUT2D eigenvalue weighted by Crippen LogP contribution is -2.13. The van der Waals surface area contributed by atoms with Crippen LogP contribution in [0.1, 0.15) is 11.3 Å². The first-order chi connectivity index (χ1) is 8.28. The minimum Gasteiger partial charge on any atom is -0.307 e. The number of hydrogen-bond acceptors (Lipinski definition) is 3. The third-order valence-corrected chi connectivity index (χ3v) is 2.40. The molecule has 0 radical (unpaired) electrons. The Labute approximate surface area is 111 Å². The van der Waals surface area contributed by atoms with E-state index in [0.29, 0.717) is 13.1 Å². The summed E-state index contributed by atoms with van der Waals surface area (Å²) in [6, 6.07) is 1.97. The molecule has 2 aromatic rings. The van der Waals surface area contributed by atoms with Gasteiger partial charge in [0.25, 0.3) is 0 Å². The van der Waals surface area contributed by atoms with Gasteiger partial charge in [0.05, 0.1) is 18.4 Å². The molecule has 0 amide bonds.